The second-order valence-corrected chi connectivity index (χ2v) is 6.61. The van der Waals surface area contributed by atoms with E-state index in [9.17, 15) is 9.59 Å². The minimum absolute atomic E-state index is 0.155. The molecule has 2 aromatic rings. The molecule has 118 valence electrons. The molecule has 1 N–H and O–H groups in total. The van der Waals surface area contributed by atoms with Crippen LogP contribution >= 0.6 is 0 Å². The molecule has 0 bridgehead atoms. The quantitative estimate of drug-likeness (QED) is 0.848. The van der Waals surface area contributed by atoms with Gasteiger partial charge in [-0.15, -0.1) is 0 Å². The number of aromatic amines is 1. The van der Waals surface area contributed by atoms with Crippen molar-refractivity contribution in [2.45, 2.75) is 44.9 Å². The number of fused-ring (bicyclic) bond motifs is 1. The largest absolute Gasteiger partial charge is 0.469 e. The Morgan fingerprint density at radius 3 is 2.64 bits per heavy atom. The number of carbonyl (C=O) groups is 1. The van der Waals surface area contributed by atoms with Crippen LogP contribution in [0.15, 0.2) is 17.3 Å². The summed E-state index contributed by atoms with van der Waals surface area (Å²) in [4.78, 5) is 30.7. The topological polar surface area (TPSA) is 89.3 Å². The van der Waals surface area contributed by atoms with Crippen LogP contribution in [0, 0.1) is 5.41 Å². The molecule has 3 rings (SSSR count). The van der Waals surface area contributed by atoms with Crippen molar-refractivity contribution >= 4 is 11.5 Å². The maximum Gasteiger partial charge on any atom is 0.311 e. The molecule has 22 heavy (non-hydrogen) atoms. The average molecular weight is 304 g/mol. The molecule has 0 aliphatic heterocycles. The van der Waals surface area contributed by atoms with Crippen LogP contribution in [0.2, 0.25) is 0 Å². The van der Waals surface area contributed by atoms with E-state index in [0.717, 1.165) is 31.5 Å². The van der Waals surface area contributed by atoms with E-state index in [0.29, 0.717) is 5.52 Å². The molecule has 7 heteroatoms. The third kappa shape index (κ3) is 2.12. The maximum absolute atomic E-state index is 11.9. The lowest BCUT2D eigenvalue weighted by atomic mass is 9.65. The fourth-order valence-corrected chi connectivity index (χ4v) is 3.28. The maximum atomic E-state index is 11.9. The number of aromatic nitrogens is 4. The Hall–Kier alpha value is -2.18. The van der Waals surface area contributed by atoms with Gasteiger partial charge < -0.3 is 9.72 Å². The second kappa shape index (κ2) is 4.93. The highest BCUT2D eigenvalue weighted by atomic mass is 16.5. The summed E-state index contributed by atoms with van der Waals surface area (Å²) < 4.78 is 6.53. The van der Waals surface area contributed by atoms with Crippen LogP contribution in [0.3, 0.4) is 0 Å². The Balaban J connectivity index is 1.94. The van der Waals surface area contributed by atoms with Gasteiger partial charge >= 0.3 is 5.97 Å². The van der Waals surface area contributed by atoms with Crippen molar-refractivity contribution in [2.24, 2.45) is 5.41 Å². The Labute approximate surface area is 127 Å². The highest BCUT2D eigenvalue weighted by Crippen LogP contribution is 2.46. The zero-order valence-corrected chi connectivity index (χ0v) is 13.0. The van der Waals surface area contributed by atoms with Crippen LogP contribution in [0.25, 0.3) is 5.52 Å². The zero-order chi connectivity index (χ0) is 16.0. The van der Waals surface area contributed by atoms with Crippen molar-refractivity contribution in [3.8, 4) is 0 Å². The molecular formula is C15H20N4O3. The number of rotatable bonds is 2. The molecule has 1 saturated carbocycles. The van der Waals surface area contributed by atoms with Gasteiger partial charge in [0, 0.05) is 5.41 Å². The molecule has 1 aliphatic rings. The first-order valence-corrected chi connectivity index (χ1v) is 7.40. The first kappa shape index (κ1) is 14.7. The molecule has 0 aromatic carbocycles. The second-order valence-electron chi connectivity index (χ2n) is 6.61. The van der Waals surface area contributed by atoms with E-state index in [1.165, 1.54) is 13.4 Å². The van der Waals surface area contributed by atoms with E-state index >= 15 is 0 Å². The van der Waals surface area contributed by atoms with Crippen molar-refractivity contribution < 1.29 is 9.53 Å². The van der Waals surface area contributed by atoms with E-state index < -0.39 is 5.41 Å². The fourth-order valence-electron chi connectivity index (χ4n) is 3.28. The standard InChI is InChI=1S/C15H20N4O3/c1-14(4-6-15(2,7-5-14)13(21)22-3)12-16-8-10-11(20)17-9-18-19(10)12/h8-9H,4-7H2,1-3H3,(H,17,18,20). The van der Waals surface area contributed by atoms with Gasteiger partial charge in [0.25, 0.3) is 5.56 Å². The van der Waals surface area contributed by atoms with Gasteiger partial charge in [-0.25, -0.2) is 9.50 Å². The minimum Gasteiger partial charge on any atom is -0.469 e. The van der Waals surface area contributed by atoms with Crippen molar-refractivity contribution in [3.05, 3.63) is 28.7 Å². The Morgan fingerprint density at radius 1 is 1.32 bits per heavy atom. The highest BCUT2D eigenvalue weighted by molar-refractivity contribution is 5.76. The summed E-state index contributed by atoms with van der Waals surface area (Å²) in [7, 11) is 1.43. The zero-order valence-electron chi connectivity index (χ0n) is 13.0. The Morgan fingerprint density at radius 2 is 2.00 bits per heavy atom. The van der Waals surface area contributed by atoms with Gasteiger partial charge in [0.1, 0.15) is 12.2 Å². The third-order valence-corrected chi connectivity index (χ3v) is 5.01. The van der Waals surface area contributed by atoms with Gasteiger partial charge in [-0.1, -0.05) is 6.92 Å². The SMILES string of the molecule is COC(=O)C1(C)CCC(C)(c2ncc3c(=O)[nH]cnn23)CC1. The summed E-state index contributed by atoms with van der Waals surface area (Å²) >= 11 is 0. The highest BCUT2D eigenvalue weighted by Gasteiger charge is 2.45. The Bertz CT molecular complexity index is 768. The molecule has 0 spiro atoms. The molecule has 0 amide bonds. The van der Waals surface area contributed by atoms with Crippen LogP contribution < -0.4 is 5.56 Å². The van der Waals surface area contributed by atoms with Crippen LogP contribution in [0.4, 0.5) is 0 Å². The van der Waals surface area contributed by atoms with Gasteiger partial charge in [0.05, 0.1) is 18.7 Å². The number of hydrogen-bond acceptors (Lipinski definition) is 5. The van der Waals surface area contributed by atoms with E-state index in [1.807, 2.05) is 6.92 Å². The molecule has 0 radical (unpaired) electrons. The average Bonchev–Trinajstić information content (AvgIpc) is 2.96. The monoisotopic (exact) mass is 304 g/mol. The summed E-state index contributed by atoms with van der Waals surface area (Å²) in [5.41, 5.74) is -0.403. The molecule has 1 aliphatic carbocycles. The lowest BCUT2D eigenvalue weighted by Gasteiger charge is -2.40. The van der Waals surface area contributed by atoms with Gasteiger partial charge in [0.15, 0.2) is 5.52 Å². The number of esters is 1. The first-order chi connectivity index (χ1) is 10.4. The van der Waals surface area contributed by atoms with Crippen molar-refractivity contribution in [1.29, 1.82) is 0 Å². The lowest BCUT2D eigenvalue weighted by molar-refractivity contribution is -0.154. The smallest absolute Gasteiger partial charge is 0.311 e. The third-order valence-electron chi connectivity index (χ3n) is 5.01. The number of methoxy groups -OCH3 is 1. The number of nitrogens with one attached hydrogen (secondary N) is 1. The number of imidazole rings is 1. The summed E-state index contributed by atoms with van der Waals surface area (Å²) in [5, 5.41) is 4.22. The fraction of sp³-hybridized carbons (Fsp3) is 0.600. The Kier molecular flexibility index (Phi) is 3.30. The van der Waals surface area contributed by atoms with Gasteiger partial charge in [-0.2, -0.15) is 5.10 Å². The molecule has 2 aromatic heterocycles. The summed E-state index contributed by atoms with van der Waals surface area (Å²) in [5.74, 6) is 0.623. The number of nitrogens with zero attached hydrogens (tertiary/aromatic N) is 3. The van der Waals surface area contributed by atoms with E-state index in [2.05, 4.69) is 22.0 Å². The number of carbonyl (C=O) groups excluding carboxylic acids is 1. The number of ether oxygens (including phenoxy) is 1. The predicted molar refractivity (Wildman–Crippen MR) is 79.6 cm³/mol. The molecule has 0 saturated heterocycles. The van der Waals surface area contributed by atoms with Gasteiger partial charge in [0.2, 0.25) is 0 Å². The minimum atomic E-state index is -0.438. The molecule has 2 heterocycles. The summed E-state index contributed by atoms with van der Waals surface area (Å²) in [6, 6.07) is 0. The van der Waals surface area contributed by atoms with Crippen LogP contribution in [0.5, 0.6) is 0 Å². The van der Waals surface area contributed by atoms with E-state index in [-0.39, 0.29) is 16.9 Å². The number of hydrogen-bond donors (Lipinski definition) is 1. The van der Waals surface area contributed by atoms with Crippen LogP contribution in [0.1, 0.15) is 45.4 Å². The molecule has 1 fully saturated rings. The molecular weight excluding hydrogens is 284 g/mol. The molecule has 0 unspecified atom stereocenters. The molecule has 7 nitrogen and oxygen atoms in total. The predicted octanol–water partition coefficient (Wildman–Crippen LogP) is 1.43. The van der Waals surface area contributed by atoms with E-state index in [4.69, 9.17) is 4.74 Å². The van der Waals surface area contributed by atoms with Crippen LogP contribution in [-0.2, 0) is 14.9 Å². The molecule has 0 atom stereocenters. The van der Waals surface area contributed by atoms with Gasteiger partial charge in [-0.05, 0) is 32.6 Å². The van der Waals surface area contributed by atoms with Gasteiger partial charge in [-0.3, -0.25) is 9.59 Å². The van der Waals surface area contributed by atoms with Crippen LogP contribution in [-0.4, -0.2) is 32.7 Å². The summed E-state index contributed by atoms with van der Waals surface area (Å²) in [6.45, 7) is 4.06. The van der Waals surface area contributed by atoms with E-state index in [1.54, 1.807) is 10.7 Å². The van der Waals surface area contributed by atoms with Crippen molar-refractivity contribution in [1.82, 2.24) is 19.6 Å². The lowest BCUT2D eigenvalue weighted by Crippen LogP contribution is -2.40. The van der Waals surface area contributed by atoms with Crippen molar-refractivity contribution in [3.63, 3.8) is 0 Å². The first-order valence-electron chi connectivity index (χ1n) is 7.40. The van der Waals surface area contributed by atoms with Crippen molar-refractivity contribution in [2.75, 3.05) is 7.11 Å². The number of H-pyrrole nitrogens is 1. The normalized spacial score (nSPS) is 28.7. The summed E-state index contributed by atoms with van der Waals surface area (Å²) in [6.07, 6.45) is 5.99.